The van der Waals surface area contributed by atoms with E-state index in [4.69, 9.17) is 0 Å². The van der Waals surface area contributed by atoms with Crippen LogP contribution in [0.2, 0.25) is 0 Å². The predicted molar refractivity (Wildman–Crippen MR) is 163 cm³/mol. The lowest BCUT2D eigenvalue weighted by atomic mass is 10.1. The highest BCUT2D eigenvalue weighted by Crippen LogP contribution is 2.26. The first kappa shape index (κ1) is 31.2. The second-order valence-corrected chi connectivity index (χ2v) is 12.4. The van der Waals surface area contributed by atoms with Crippen LogP contribution in [0.5, 0.6) is 0 Å². The number of anilines is 1. The van der Waals surface area contributed by atoms with Crippen LogP contribution in [0.3, 0.4) is 0 Å². The highest BCUT2D eigenvalue weighted by Gasteiger charge is 2.32. The maximum absolute atomic E-state index is 13.9. The van der Waals surface area contributed by atoms with Gasteiger partial charge in [0, 0.05) is 18.0 Å². The van der Waals surface area contributed by atoms with Gasteiger partial charge >= 0.3 is 0 Å². The van der Waals surface area contributed by atoms with Crippen molar-refractivity contribution in [1.29, 1.82) is 0 Å². The largest absolute Gasteiger partial charge is 0.354 e. The number of rotatable bonds is 14. The number of thioether (sulfide) groups is 1. The molecule has 0 radical (unpaired) electrons. The third-order valence-corrected chi connectivity index (χ3v) is 9.26. The van der Waals surface area contributed by atoms with Crippen molar-refractivity contribution >= 4 is 39.3 Å². The van der Waals surface area contributed by atoms with E-state index in [1.54, 1.807) is 43.3 Å². The second-order valence-electron chi connectivity index (χ2n) is 9.67. The first-order valence-corrected chi connectivity index (χ1v) is 16.2. The Hall–Kier alpha value is -3.30. The van der Waals surface area contributed by atoms with E-state index < -0.39 is 28.5 Å². The first-order chi connectivity index (χ1) is 19.2. The van der Waals surface area contributed by atoms with Crippen LogP contribution in [-0.2, 0) is 26.0 Å². The van der Waals surface area contributed by atoms with E-state index in [1.165, 1.54) is 16.7 Å². The van der Waals surface area contributed by atoms with Gasteiger partial charge in [-0.25, -0.2) is 8.42 Å². The Morgan fingerprint density at radius 1 is 0.950 bits per heavy atom. The zero-order valence-corrected chi connectivity index (χ0v) is 25.3. The molecule has 7 nitrogen and oxygen atoms in total. The van der Waals surface area contributed by atoms with Crippen LogP contribution >= 0.6 is 11.8 Å². The number of carbonyl (C=O) groups is 2. The van der Waals surface area contributed by atoms with Crippen LogP contribution in [0.4, 0.5) is 5.69 Å². The van der Waals surface area contributed by atoms with E-state index in [0.717, 1.165) is 33.2 Å². The summed E-state index contributed by atoms with van der Waals surface area (Å²) in [5.74, 6) is -0.703. The van der Waals surface area contributed by atoms with Gasteiger partial charge in [-0.2, -0.15) is 0 Å². The fourth-order valence-corrected chi connectivity index (χ4v) is 6.04. The fourth-order valence-electron chi connectivity index (χ4n) is 4.22. The van der Waals surface area contributed by atoms with Crippen LogP contribution in [0, 0.1) is 6.92 Å². The van der Waals surface area contributed by atoms with Gasteiger partial charge in [0.15, 0.2) is 0 Å². The Kier molecular flexibility index (Phi) is 11.6. The summed E-state index contributed by atoms with van der Waals surface area (Å²) in [6, 6.07) is 22.6. The molecule has 0 aliphatic carbocycles. The highest BCUT2D eigenvalue weighted by molar-refractivity contribution is 7.98. The molecule has 0 fully saturated rings. The standard InChI is InChI=1S/C31H39N3O4S2/c1-5-6-21-32-31(36)25(3)33(22-20-26-10-8-7-9-11-26)30(35)23-34(27-14-12-24(2)13-15-27)40(37,38)29-18-16-28(39-4)17-19-29/h7-19,25H,5-6,20-23H2,1-4H3,(H,32,36)/t25-/m0/s1. The molecule has 3 rings (SSSR count). The van der Waals surface area contributed by atoms with Crippen molar-refractivity contribution in [3.05, 3.63) is 90.0 Å². The van der Waals surface area contributed by atoms with Crippen molar-refractivity contribution in [1.82, 2.24) is 10.2 Å². The zero-order valence-electron chi connectivity index (χ0n) is 23.7. The third-order valence-electron chi connectivity index (χ3n) is 6.73. The molecular weight excluding hydrogens is 542 g/mol. The van der Waals surface area contributed by atoms with Crippen molar-refractivity contribution in [3.8, 4) is 0 Å². The second kappa shape index (κ2) is 14.9. The van der Waals surface area contributed by atoms with Gasteiger partial charge in [0.25, 0.3) is 10.0 Å². The van der Waals surface area contributed by atoms with Crippen LogP contribution in [-0.4, -0.2) is 57.1 Å². The molecule has 2 amide bonds. The lowest BCUT2D eigenvalue weighted by molar-refractivity contribution is -0.138. The quantitative estimate of drug-likeness (QED) is 0.207. The molecule has 1 N–H and O–H groups in total. The van der Waals surface area contributed by atoms with E-state index in [1.807, 2.05) is 62.6 Å². The third kappa shape index (κ3) is 8.35. The molecule has 1 atom stereocenters. The summed E-state index contributed by atoms with van der Waals surface area (Å²) >= 11 is 1.52. The molecule has 3 aromatic carbocycles. The van der Waals surface area contributed by atoms with Gasteiger partial charge in [0.2, 0.25) is 11.8 Å². The molecule has 0 unspecified atom stereocenters. The lowest BCUT2D eigenvalue weighted by Crippen LogP contribution is -2.52. The molecule has 40 heavy (non-hydrogen) atoms. The Morgan fingerprint density at radius 2 is 1.60 bits per heavy atom. The normalized spacial score (nSPS) is 12.0. The number of unbranched alkanes of at least 4 members (excludes halogenated alkanes) is 1. The van der Waals surface area contributed by atoms with Gasteiger partial charge in [0.1, 0.15) is 12.6 Å². The van der Waals surface area contributed by atoms with Gasteiger partial charge < -0.3 is 10.2 Å². The summed E-state index contributed by atoms with van der Waals surface area (Å²) in [5, 5.41) is 2.91. The average molecular weight is 582 g/mol. The van der Waals surface area contributed by atoms with Crippen molar-refractivity contribution in [3.63, 3.8) is 0 Å². The van der Waals surface area contributed by atoms with Crippen LogP contribution < -0.4 is 9.62 Å². The number of carbonyl (C=O) groups excluding carboxylic acids is 2. The van der Waals surface area contributed by atoms with E-state index in [9.17, 15) is 18.0 Å². The Balaban J connectivity index is 1.94. The lowest BCUT2D eigenvalue weighted by Gasteiger charge is -2.32. The maximum atomic E-state index is 13.9. The number of nitrogens with zero attached hydrogens (tertiary/aromatic N) is 2. The molecule has 0 aliphatic rings. The van der Waals surface area contributed by atoms with Gasteiger partial charge in [-0.3, -0.25) is 13.9 Å². The number of nitrogens with one attached hydrogen (secondary N) is 1. The molecular formula is C31H39N3O4S2. The van der Waals surface area contributed by atoms with Gasteiger partial charge in [-0.05, 0) is 74.9 Å². The smallest absolute Gasteiger partial charge is 0.264 e. The van der Waals surface area contributed by atoms with Crippen LogP contribution in [0.25, 0.3) is 0 Å². The number of hydrogen-bond donors (Lipinski definition) is 1. The summed E-state index contributed by atoms with van der Waals surface area (Å²) < 4.78 is 28.9. The summed E-state index contributed by atoms with van der Waals surface area (Å²) in [6.45, 7) is 6.01. The SMILES string of the molecule is CCCCNC(=O)[C@H](C)N(CCc1ccccc1)C(=O)CN(c1ccc(C)cc1)S(=O)(=O)c1ccc(SC)cc1. The average Bonchev–Trinajstić information content (AvgIpc) is 2.97. The van der Waals surface area contributed by atoms with E-state index in [0.29, 0.717) is 18.7 Å². The highest BCUT2D eigenvalue weighted by atomic mass is 32.2. The Morgan fingerprint density at radius 3 is 2.20 bits per heavy atom. The van der Waals surface area contributed by atoms with E-state index in [-0.39, 0.29) is 17.3 Å². The molecule has 3 aromatic rings. The van der Waals surface area contributed by atoms with Gasteiger partial charge in [-0.15, -0.1) is 11.8 Å². The predicted octanol–water partition coefficient (Wildman–Crippen LogP) is 5.29. The van der Waals surface area contributed by atoms with E-state index >= 15 is 0 Å². The molecule has 0 spiro atoms. The molecule has 0 aliphatic heterocycles. The Labute approximate surface area is 243 Å². The monoisotopic (exact) mass is 581 g/mol. The summed E-state index contributed by atoms with van der Waals surface area (Å²) in [4.78, 5) is 29.4. The number of amides is 2. The summed E-state index contributed by atoms with van der Waals surface area (Å²) in [7, 11) is -4.08. The van der Waals surface area contributed by atoms with Gasteiger partial charge in [0.05, 0.1) is 10.6 Å². The molecule has 214 valence electrons. The minimum atomic E-state index is -4.08. The van der Waals surface area contributed by atoms with Gasteiger partial charge in [-0.1, -0.05) is 61.4 Å². The molecule has 9 heteroatoms. The topological polar surface area (TPSA) is 86.8 Å². The van der Waals surface area contributed by atoms with Crippen molar-refractivity contribution in [2.75, 3.05) is 30.2 Å². The van der Waals surface area contributed by atoms with Crippen LogP contribution in [0.15, 0.2) is 88.7 Å². The molecule has 0 saturated carbocycles. The minimum Gasteiger partial charge on any atom is -0.354 e. The molecule has 0 aromatic heterocycles. The van der Waals surface area contributed by atoms with Crippen molar-refractivity contribution in [2.45, 2.75) is 55.9 Å². The molecule has 0 heterocycles. The minimum absolute atomic E-state index is 0.0971. The number of hydrogen-bond acceptors (Lipinski definition) is 5. The van der Waals surface area contributed by atoms with Crippen molar-refractivity contribution < 1.29 is 18.0 Å². The molecule has 0 bridgehead atoms. The fraction of sp³-hybridized carbons (Fsp3) is 0.355. The van der Waals surface area contributed by atoms with Crippen LogP contribution in [0.1, 0.15) is 37.8 Å². The molecule has 0 saturated heterocycles. The summed E-state index contributed by atoms with van der Waals surface area (Å²) in [5.41, 5.74) is 2.38. The summed E-state index contributed by atoms with van der Waals surface area (Å²) in [6.07, 6.45) is 4.23. The number of sulfonamides is 1. The zero-order chi connectivity index (χ0) is 29.1. The first-order valence-electron chi connectivity index (χ1n) is 13.5. The number of aryl methyl sites for hydroxylation is 1. The van der Waals surface area contributed by atoms with Crippen molar-refractivity contribution in [2.24, 2.45) is 0 Å². The van der Waals surface area contributed by atoms with E-state index in [2.05, 4.69) is 5.32 Å². The maximum Gasteiger partial charge on any atom is 0.264 e. The Bertz CT molecular complexity index is 1350. The number of benzene rings is 3.